The average Bonchev–Trinajstić information content (AvgIpc) is 3.27. The van der Waals surface area contributed by atoms with Crippen molar-refractivity contribution in [3.8, 4) is 0 Å². The maximum Gasteiger partial charge on any atom is 0.252 e. The molecule has 1 aliphatic carbocycles. The van der Waals surface area contributed by atoms with Crippen LogP contribution in [0.3, 0.4) is 0 Å². The standard InChI is InChI=1S/C26H30N2O3S/c1-18(23-16-19-10-6-8-14-22(19)31-23)27-26(30)21-13-7-9-15-24(21)32-17-25(29)28(2)20-11-4-3-5-12-20/h6-10,13-16,18,20H,3-5,11-12,17H2,1-2H3,(H,27,30)/t18-/m0/s1. The van der Waals surface area contributed by atoms with Crippen LogP contribution in [0.4, 0.5) is 0 Å². The van der Waals surface area contributed by atoms with Gasteiger partial charge in [-0.3, -0.25) is 9.59 Å². The minimum atomic E-state index is -0.271. The molecule has 0 bridgehead atoms. The Kier molecular flexibility index (Phi) is 7.20. The van der Waals surface area contributed by atoms with Gasteiger partial charge in [0.15, 0.2) is 0 Å². The van der Waals surface area contributed by atoms with Crippen LogP contribution in [-0.4, -0.2) is 35.6 Å². The van der Waals surface area contributed by atoms with E-state index in [1.165, 1.54) is 31.0 Å². The van der Waals surface area contributed by atoms with Crippen LogP contribution in [0.25, 0.3) is 11.0 Å². The summed E-state index contributed by atoms with van der Waals surface area (Å²) in [6.45, 7) is 1.91. The predicted octanol–water partition coefficient (Wildman–Crippen LogP) is 5.81. The molecule has 3 aromatic rings. The van der Waals surface area contributed by atoms with Gasteiger partial charge in [0.1, 0.15) is 11.3 Å². The molecule has 0 spiro atoms. The Morgan fingerprint density at radius 3 is 2.59 bits per heavy atom. The van der Waals surface area contributed by atoms with Gasteiger partial charge < -0.3 is 14.6 Å². The Balaban J connectivity index is 1.39. The molecule has 5 nitrogen and oxygen atoms in total. The van der Waals surface area contributed by atoms with Crippen molar-refractivity contribution in [3.63, 3.8) is 0 Å². The van der Waals surface area contributed by atoms with Crippen LogP contribution in [0.15, 0.2) is 63.9 Å². The highest BCUT2D eigenvalue weighted by molar-refractivity contribution is 8.00. The van der Waals surface area contributed by atoms with E-state index in [0.717, 1.165) is 28.7 Å². The number of furan rings is 1. The number of thioether (sulfide) groups is 1. The Hall–Kier alpha value is -2.73. The zero-order valence-corrected chi connectivity index (χ0v) is 19.5. The fraction of sp³-hybridized carbons (Fsp3) is 0.385. The van der Waals surface area contributed by atoms with E-state index in [2.05, 4.69) is 5.32 Å². The van der Waals surface area contributed by atoms with Crippen molar-refractivity contribution in [2.45, 2.75) is 56.0 Å². The molecule has 2 amide bonds. The lowest BCUT2D eigenvalue weighted by molar-refractivity contribution is -0.129. The molecule has 1 fully saturated rings. The molecule has 1 aliphatic rings. The molecule has 0 saturated heterocycles. The van der Waals surface area contributed by atoms with Crippen molar-refractivity contribution in [3.05, 3.63) is 65.9 Å². The highest BCUT2D eigenvalue weighted by Crippen LogP contribution is 2.27. The maximum atomic E-state index is 13.0. The smallest absolute Gasteiger partial charge is 0.252 e. The van der Waals surface area contributed by atoms with Gasteiger partial charge in [-0.2, -0.15) is 0 Å². The molecule has 2 aromatic carbocycles. The van der Waals surface area contributed by atoms with E-state index in [4.69, 9.17) is 4.42 Å². The largest absolute Gasteiger partial charge is 0.459 e. The quantitative estimate of drug-likeness (QED) is 0.462. The summed E-state index contributed by atoms with van der Waals surface area (Å²) in [5.41, 5.74) is 1.38. The molecule has 0 aliphatic heterocycles. The van der Waals surface area contributed by atoms with E-state index in [1.807, 2.05) is 67.4 Å². The van der Waals surface area contributed by atoms with Crippen molar-refractivity contribution in [1.29, 1.82) is 0 Å². The SMILES string of the molecule is C[C@H](NC(=O)c1ccccc1SCC(=O)N(C)C1CCCCC1)c1cc2ccccc2o1. The van der Waals surface area contributed by atoms with E-state index in [1.54, 1.807) is 6.07 Å². The minimum Gasteiger partial charge on any atom is -0.459 e. The van der Waals surface area contributed by atoms with Gasteiger partial charge in [0.2, 0.25) is 5.91 Å². The second kappa shape index (κ2) is 10.3. The van der Waals surface area contributed by atoms with Crippen LogP contribution in [0.2, 0.25) is 0 Å². The summed E-state index contributed by atoms with van der Waals surface area (Å²) in [7, 11) is 1.91. The molecule has 168 valence electrons. The van der Waals surface area contributed by atoms with Gasteiger partial charge in [-0.25, -0.2) is 0 Å². The summed E-state index contributed by atoms with van der Waals surface area (Å²) in [6.07, 6.45) is 5.84. The third kappa shape index (κ3) is 5.18. The zero-order chi connectivity index (χ0) is 22.5. The van der Waals surface area contributed by atoms with Gasteiger partial charge >= 0.3 is 0 Å². The number of nitrogens with zero attached hydrogens (tertiary/aromatic N) is 1. The highest BCUT2D eigenvalue weighted by Gasteiger charge is 2.23. The fourth-order valence-electron chi connectivity index (χ4n) is 4.25. The number of hydrogen-bond donors (Lipinski definition) is 1. The summed E-state index contributed by atoms with van der Waals surface area (Å²) in [6, 6.07) is 17.3. The van der Waals surface area contributed by atoms with Gasteiger partial charge in [-0.15, -0.1) is 11.8 Å². The molecule has 1 aromatic heterocycles. The molecule has 0 radical (unpaired) electrons. The number of rotatable bonds is 7. The summed E-state index contributed by atoms with van der Waals surface area (Å²) < 4.78 is 5.89. The molecule has 1 N–H and O–H groups in total. The molecule has 1 atom stereocenters. The van der Waals surface area contributed by atoms with Crippen LogP contribution < -0.4 is 5.32 Å². The summed E-state index contributed by atoms with van der Waals surface area (Å²) >= 11 is 1.43. The lowest BCUT2D eigenvalue weighted by Gasteiger charge is -2.31. The lowest BCUT2D eigenvalue weighted by atomic mass is 9.94. The van der Waals surface area contributed by atoms with Crippen molar-refractivity contribution in [2.24, 2.45) is 0 Å². The van der Waals surface area contributed by atoms with Gasteiger partial charge in [0.05, 0.1) is 17.4 Å². The first-order valence-electron chi connectivity index (χ1n) is 11.3. The first-order chi connectivity index (χ1) is 15.5. The number of para-hydroxylation sites is 1. The molecule has 0 unspecified atom stereocenters. The van der Waals surface area contributed by atoms with Gasteiger partial charge in [-0.1, -0.05) is 49.6 Å². The second-order valence-corrected chi connectivity index (χ2v) is 9.48. The monoisotopic (exact) mass is 450 g/mol. The zero-order valence-electron chi connectivity index (χ0n) is 18.7. The van der Waals surface area contributed by atoms with E-state index in [9.17, 15) is 9.59 Å². The number of carbonyl (C=O) groups excluding carboxylic acids is 2. The molecule has 1 heterocycles. The lowest BCUT2D eigenvalue weighted by Crippen LogP contribution is -2.39. The van der Waals surface area contributed by atoms with Crippen LogP contribution in [0.1, 0.15) is 61.2 Å². The first-order valence-corrected chi connectivity index (χ1v) is 12.3. The van der Waals surface area contributed by atoms with Crippen molar-refractivity contribution in [2.75, 3.05) is 12.8 Å². The summed E-state index contributed by atoms with van der Waals surface area (Å²) in [5, 5.41) is 4.05. The van der Waals surface area contributed by atoms with E-state index >= 15 is 0 Å². The van der Waals surface area contributed by atoms with Crippen LogP contribution in [-0.2, 0) is 4.79 Å². The second-order valence-electron chi connectivity index (χ2n) is 8.46. The number of hydrogen-bond acceptors (Lipinski definition) is 4. The first kappa shape index (κ1) is 22.5. The number of fused-ring (bicyclic) bond motifs is 1. The van der Waals surface area contributed by atoms with Crippen molar-refractivity contribution < 1.29 is 14.0 Å². The predicted molar refractivity (Wildman–Crippen MR) is 129 cm³/mol. The highest BCUT2D eigenvalue weighted by atomic mass is 32.2. The van der Waals surface area contributed by atoms with Gasteiger partial charge in [-0.05, 0) is 44.0 Å². The Bertz CT molecular complexity index is 1050. The van der Waals surface area contributed by atoms with Crippen molar-refractivity contribution >= 4 is 34.5 Å². The van der Waals surface area contributed by atoms with Crippen LogP contribution >= 0.6 is 11.8 Å². The molecule has 32 heavy (non-hydrogen) atoms. The number of nitrogens with one attached hydrogen (secondary N) is 1. The minimum absolute atomic E-state index is 0.118. The summed E-state index contributed by atoms with van der Waals surface area (Å²) in [5.74, 6) is 0.993. The van der Waals surface area contributed by atoms with Gasteiger partial charge in [0, 0.05) is 23.4 Å². The summed E-state index contributed by atoms with van der Waals surface area (Å²) in [4.78, 5) is 28.5. The molecular weight excluding hydrogens is 420 g/mol. The maximum absolute atomic E-state index is 13.0. The molecule has 4 rings (SSSR count). The Labute approximate surface area is 193 Å². The third-order valence-electron chi connectivity index (χ3n) is 6.22. The Morgan fingerprint density at radius 1 is 1.09 bits per heavy atom. The number of benzene rings is 2. The van der Waals surface area contributed by atoms with Crippen LogP contribution in [0.5, 0.6) is 0 Å². The molecular formula is C26H30N2O3S. The average molecular weight is 451 g/mol. The molecule has 1 saturated carbocycles. The number of amides is 2. The van der Waals surface area contributed by atoms with Gasteiger partial charge in [0.25, 0.3) is 5.91 Å². The normalized spacial score (nSPS) is 15.4. The third-order valence-corrected chi connectivity index (χ3v) is 7.28. The number of carbonyl (C=O) groups is 2. The van der Waals surface area contributed by atoms with E-state index in [0.29, 0.717) is 23.1 Å². The van der Waals surface area contributed by atoms with Crippen LogP contribution in [0, 0.1) is 0 Å². The van der Waals surface area contributed by atoms with E-state index in [-0.39, 0.29) is 17.9 Å². The van der Waals surface area contributed by atoms with Crippen molar-refractivity contribution in [1.82, 2.24) is 10.2 Å². The fourth-order valence-corrected chi connectivity index (χ4v) is 5.23. The Morgan fingerprint density at radius 2 is 1.81 bits per heavy atom. The molecule has 6 heteroatoms. The topological polar surface area (TPSA) is 62.6 Å². The van der Waals surface area contributed by atoms with E-state index < -0.39 is 0 Å².